The van der Waals surface area contributed by atoms with Crippen LogP contribution >= 0.6 is 0 Å². The molecule has 0 amide bonds. The van der Waals surface area contributed by atoms with Crippen LogP contribution in [0.2, 0.25) is 0 Å². The summed E-state index contributed by atoms with van der Waals surface area (Å²) in [4.78, 5) is 6.80. The summed E-state index contributed by atoms with van der Waals surface area (Å²) >= 11 is 0. The van der Waals surface area contributed by atoms with Crippen LogP contribution in [0.5, 0.6) is 0 Å². The van der Waals surface area contributed by atoms with Crippen LogP contribution in [0.1, 0.15) is 51.1 Å². The molecule has 1 aromatic rings. The van der Waals surface area contributed by atoms with Crippen molar-refractivity contribution in [2.45, 2.75) is 51.1 Å². The number of H-pyrrole nitrogens is 1. The zero-order valence-electron chi connectivity index (χ0n) is 13.5. The number of rotatable bonds is 3. The number of hydrogen-bond acceptors (Lipinski definition) is 5. The molecular weight excluding hydrogens is 298 g/mol. The summed E-state index contributed by atoms with van der Waals surface area (Å²) in [5.74, 6) is -1.24. The molecule has 6 N–H and O–H groups in total. The number of amidine groups is 1. The van der Waals surface area contributed by atoms with E-state index in [9.17, 15) is 0 Å². The van der Waals surface area contributed by atoms with Crippen LogP contribution < -0.4 is 5.73 Å². The zero-order valence-corrected chi connectivity index (χ0v) is 13.5. The average molecular weight is 321 g/mol. The molecule has 0 bridgehead atoms. The van der Waals surface area contributed by atoms with Crippen molar-refractivity contribution < 1.29 is 14.9 Å². The minimum atomic E-state index is -1.50. The van der Waals surface area contributed by atoms with Crippen molar-refractivity contribution in [2.75, 3.05) is 0 Å². The highest BCUT2D eigenvalue weighted by Crippen LogP contribution is 2.38. The number of ether oxygens (including phenoxy) is 1. The topological polar surface area (TPSA) is 151 Å². The Bertz CT molecular complexity index is 605. The summed E-state index contributed by atoms with van der Waals surface area (Å²) in [6, 6.07) is 5.84. The van der Waals surface area contributed by atoms with E-state index in [1.54, 1.807) is 13.0 Å². The Morgan fingerprint density at radius 3 is 2.70 bits per heavy atom. The smallest absolute Gasteiger partial charge is 0.156 e. The predicted octanol–water partition coefficient (Wildman–Crippen LogP) is 1.17. The Labute approximate surface area is 135 Å². The van der Waals surface area contributed by atoms with Crippen LogP contribution in [0.3, 0.4) is 0 Å². The van der Waals surface area contributed by atoms with Gasteiger partial charge in [-0.1, -0.05) is 0 Å². The number of hydrogen-bond donors (Lipinski definition) is 5. The second-order valence-corrected chi connectivity index (χ2v) is 5.95. The van der Waals surface area contributed by atoms with Gasteiger partial charge in [-0.05, 0) is 45.7 Å². The Kier molecular flexibility index (Phi) is 6.04. The highest BCUT2D eigenvalue weighted by atomic mass is 16.5. The van der Waals surface area contributed by atoms with Gasteiger partial charge in [0.1, 0.15) is 12.2 Å². The van der Waals surface area contributed by atoms with Crippen LogP contribution in [-0.2, 0) is 4.74 Å². The molecule has 0 aromatic carbocycles. The molecule has 1 saturated heterocycles. The normalized spacial score (nSPS) is 24.5. The van der Waals surface area contributed by atoms with Crippen LogP contribution in [0.4, 0.5) is 0 Å². The molecule has 0 aliphatic carbocycles. The fourth-order valence-corrected chi connectivity index (χ4v) is 2.03. The molecule has 1 fully saturated rings. The van der Waals surface area contributed by atoms with E-state index in [1.807, 2.05) is 6.07 Å². The molecule has 126 valence electrons. The molecule has 1 aromatic heterocycles. The first-order chi connectivity index (χ1) is 10.6. The van der Waals surface area contributed by atoms with Crippen molar-refractivity contribution in [3.63, 3.8) is 0 Å². The van der Waals surface area contributed by atoms with Crippen molar-refractivity contribution in [3.8, 4) is 6.07 Å². The highest BCUT2D eigenvalue weighted by Gasteiger charge is 2.37. The minimum absolute atomic E-state index is 0.115. The zero-order chi connectivity index (χ0) is 17.7. The lowest BCUT2D eigenvalue weighted by Crippen LogP contribution is -2.20. The first kappa shape index (κ1) is 18.8. The van der Waals surface area contributed by atoms with Crippen LogP contribution in [0.25, 0.3) is 0 Å². The molecule has 8 heteroatoms. The third-order valence-corrected chi connectivity index (χ3v) is 3.06. The molecule has 1 aliphatic heterocycles. The third kappa shape index (κ3) is 6.20. The second kappa shape index (κ2) is 7.37. The Morgan fingerprint density at radius 1 is 1.61 bits per heavy atom. The van der Waals surface area contributed by atoms with Crippen molar-refractivity contribution in [1.29, 1.82) is 10.7 Å². The van der Waals surface area contributed by atoms with Crippen LogP contribution in [-0.4, -0.2) is 38.8 Å². The number of nitrogens with zero attached hydrogens (tertiary/aromatic N) is 2. The van der Waals surface area contributed by atoms with Crippen LogP contribution in [0, 0.1) is 16.7 Å². The molecule has 1 aliphatic rings. The Hall–Kier alpha value is -2.21. The van der Waals surface area contributed by atoms with Gasteiger partial charge in [0.2, 0.25) is 0 Å². The number of nitrogens with two attached hydrogens (primary N) is 1. The molecule has 2 rings (SSSR count). The summed E-state index contributed by atoms with van der Waals surface area (Å²) in [5.41, 5.74) is 6.50. The maximum absolute atomic E-state index is 9.00. The maximum atomic E-state index is 9.00. The molecule has 0 saturated carbocycles. The molecule has 2 atom stereocenters. The van der Waals surface area contributed by atoms with E-state index in [1.165, 1.54) is 13.8 Å². The van der Waals surface area contributed by atoms with Gasteiger partial charge in [0.15, 0.2) is 11.4 Å². The van der Waals surface area contributed by atoms with Gasteiger partial charge in [0.25, 0.3) is 0 Å². The van der Waals surface area contributed by atoms with E-state index in [0.29, 0.717) is 12.1 Å². The van der Waals surface area contributed by atoms with Gasteiger partial charge < -0.3 is 25.7 Å². The summed E-state index contributed by atoms with van der Waals surface area (Å²) in [6.07, 6.45) is 2.29. The van der Waals surface area contributed by atoms with Gasteiger partial charge in [0.05, 0.1) is 17.9 Å². The molecule has 2 heterocycles. The highest BCUT2D eigenvalue weighted by molar-refractivity contribution is 5.99. The monoisotopic (exact) mass is 321 g/mol. The van der Waals surface area contributed by atoms with E-state index in [-0.39, 0.29) is 11.9 Å². The first-order valence-electron chi connectivity index (χ1n) is 7.13. The number of aliphatic imine (C=N–C) groups is 1. The average Bonchev–Trinajstić information content (AvgIpc) is 3.04. The molecule has 0 radical (unpaired) electrons. The lowest BCUT2D eigenvalue weighted by Gasteiger charge is -2.15. The van der Waals surface area contributed by atoms with Gasteiger partial charge in [0, 0.05) is 5.69 Å². The number of aromatic amines is 1. The van der Waals surface area contributed by atoms with Gasteiger partial charge >= 0.3 is 0 Å². The van der Waals surface area contributed by atoms with Crippen LogP contribution in [0.15, 0.2) is 17.1 Å². The predicted molar refractivity (Wildman–Crippen MR) is 85.9 cm³/mol. The molecular formula is C15H23N5O3. The van der Waals surface area contributed by atoms with E-state index in [4.69, 9.17) is 31.4 Å². The fourth-order valence-electron chi connectivity index (χ4n) is 2.03. The Balaban J connectivity index is 0.000000463. The summed E-state index contributed by atoms with van der Waals surface area (Å²) < 4.78 is 5.72. The minimum Gasteiger partial charge on any atom is -0.382 e. The van der Waals surface area contributed by atoms with Gasteiger partial charge in [-0.15, -0.1) is 0 Å². The quantitative estimate of drug-likeness (QED) is 0.321. The molecule has 2 unspecified atom stereocenters. The Morgan fingerprint density at radius 2 is 2.22 bits per heavy atom. The number of nitrogens with one attached hydrogen (secondary N) is 2. The SMILES string of the molecule is CC(C)(O)O.CC1(C#N)CCC(c2ccc(C(N)=NC=N)[nH]2)O1. The van der Waals surface area contributed by atoms with Gasteiger partial charge in [-0.3, -0.25) is 5.41 Å². The molecule has 23 heavy (non-hydrogen) atoms. The standard InChI is InChI=1S/C12H15N5O.C3H8O2/c1-12(6-13)5-4-10(18-12)8-2-3-9(17-8)11(15)16-7-14;1-3(2,4)5/h2-3,7,10,17H,4-5H2,1H3,(H3,14,15,16);4-5H,1-2H3. The maximum Gasteiger partial charge on any atom is 0.156 e. The number of aliphatic hydroxyl groups is 2. The number of nitriles is 1. The largest absolute Gasteiger partial charge is 0.382 e. The van der Waals surface area contributed by atoms with Gasteiger partial charge in [-0.2, -0.15) is 5.26 Å². The molecule has 8 nitrogen and oxygen atoms in total. The van der Waals surface area contributed by atoms with E-state index < -0.39 is 11.4 Å². The van der Waals surface area contributed by atoms with Crippen molar-refractivity contribution in [3.05, 3.63) is 23.5 Å². The van der Waals surface area contributed by atoms with Crippen molar-refractivity contribution in [1.82, 2.24) is 4.98 Å². The van der Waals surface area contributed by atoms with Crippen molar-refractivity contribution in [2.24, 2.45) is 10.7 Å². The van der Waals surface area contributed by atoms with E-state index >= 15 is 0 Å². The fraction of sp³-hybridized carbons (Fsp3) is 0.533. The summed E-state index contributed by atoms with van der Waals surface area (Å²) in [7, 11) is 0. The summed E-state index contributed by atoms with van der Waals surface area (Å²) in [6.45, 7) is 4.39. The first-order valence-corrected chi connectivity index (χ1v) is 7.13. The van der Waals surface area contributed by atoms with E-state index in [0.717, 1.165) is 18.5 Å². The molecule has 0 spiro atoms. The van der Waals surface area contributed by atoms with E-state index in [2.05, 4.69) is 16.0 Å². The van der Waals surface area contributed by atoms with Gasteiger partial charge in [-0.25, -0.2) is 4.99 Å². The lowest BCUT2D eigenvalue weighted by atomic mass is 10.0. The number of aromatic nitrogens is 1. The summed E-state index contributed by atoms with van der Waals surface area (Å²) in [5, 5.41) is 32.0. The van der Waals surface area contributed by atoms with Crippen molar-refractivity contribution >= 4 is 12.2 Å². The third-order valence-electron chi connectivity index (χ3n) is 3.06. The second-order valence-electron chi connectivity index (χ2n) is 5.95. The lowest BCUT2D eigenvalue weighted by molar-refractivity contribution is -0.127.